The smallest absolute Gasteiger partial charge is 1.00 e. The number of aryl methyl sites for hydroxylation is 4. The average Bonchev–Trinajstić information content (AvgIpc) is 3.24. The first-order valence-electron chi connectivity index (χ1n) is 12.8. The normalized spacial score (nSPS) is 16.3. The minimum absolute atomic E-state index is 0. The van der Waals surface area contributed by atoms with Gasteiger partial charge < -0.3 is 24.8 Å². The molecule has 0 saturated heterocycles. The SMILES string of the molecule is CCCC1C=C(C(C)(C)C)C=[C]1[Zr+2](=[C](C)C)[CH]1c2cc(C)c(C)cc2-c2cc(C)c(C)cc21.[Cl-].[Cl-]. The Morgan fingerprint density at radius 3 is 1.66 bits per heavy atom. The zero-order chi connectivity index (χ0) is 24.2. The molecule has 2 aliphatic rings. The Balaban J connectivity index is 0.00000216. The van der Waals surface area contributed by atoms with E-state index >= 15 is 0 Å². The quantitative estimate of drug-likeness (QED) is 0.515. The summed E-state index contributed by atoms with van der Waals surface area (Å²) in [6.45, 7) is 23.5. The second kappa shape index (κ2) is 11.3. The third-order valence-electron chi connectivity index (χ3n) is 7.94. The Labute approximate surface area is 234 Å². The number of hydrogen-bond donors (Lipinski definition) is 0. The summed E-state index contributed by atoms with van der Waals surface area (Å²) >= 11 is -2.21. The van der Waals surface area contributed by atoms with Crippen molar-refractivity contribution < 1.29 is 46.1 Å². The van der Waals surface area contributed by atoms with Crippen molar-refractivity contribution in [1.82, 2.24) is 0 Å². The second-order valence-corrected chi connectivity index (χ2v) is 19.1. The summed E-state index contributed by atoms with van der Waals surface area (Å²) in [7, 11) is 0. The predicted molar refractivity (Wildman–Crippen MR) is 143 cm³/mol. The molecular formula is C32H42Cl2Zr. The third kappa shape index (κ3) is 5.59. The Morgan fingerprint density at radius 1 is 0.800 bits per heavy atom. The standard InChI is InChI=1S/C17H17.C12H19.C3H6.2ClH.Zr/c1-10-5-14-9-15-6-11(2)13(4)8-17(15)16(14)7-12(10)3;1-5-6-10-7-8-11(9-10)12(2,3)4;1-3-2;;;/h5-9H,1-4H3;8-10H,5-6H2,1-4H3;1-2H3;2*1H;/q;;;;;+2/p-2. The van der Waals surface area contributed by atoms with Crippen molar-refractivity contribution in [2.45, 2.75) is 85.7 Å². The summed E-state index contributed by atoms with van der Waals surface area (Å²) in [5.41, 5.74) is 13.8. The molecule has 2 aliphatic carbocycles. The van der Waals surface area contributed by atoms with Crippen LogP contribution in [-0.4, -0.2) is 3.21 Å². The van der Waals surface area contributed by atoms with Crippen LogP contribution in [0.3, 0.4) is 0 Å². The largest absolute Gasteiger partial charge is 1.00 e. The van der Waals surface area contributed by atoms with E-state index < -0.39 is 21.3 Å². The van der Waals surface area contributed by atoms with Crippen LogP contribution in [0.2, 0.25) is 0 Å². The molecule has 0 radical (unpaired) electrons. The molecule has 188 valence electrons. The van der Waals surface area contributed by atoms with Gasteiger partial charge in [-0.25, -0.2) is 0 Å². The average molecular weight is 589 g/mol. The molecule has 0 N–H and O–H groups in total. The van der Waals surface area contributed by atoms with E-state index in [4.69, 9.17) is 0 Å². The number of halogens is 2. The van der Waals surface area contributed by atoms with Crippen LogP contribution < -0.4 is 24.8 Å². The van der Waals surface area contributed by atoms with Crippen molar-refractivity contribution in [3.05, 3.63) is 78.7 Å². The molecule has 0 spiro atoms. The van der Waals surface area contributed by atoms with Gasteiger partial charge in [-0.3, -0.25) is 0 Å². The molecule has 35 heavy (non-hydrogen) atoms. The van der Waals surface area contributed by atoms with Crippen LogP contribution in [-0.2, 0) is 21.3 Å². The maximum Gasteiger partial charge on any atom is -1.00 e. The molecule has 0 aromatic heterocycles. The van der Waals surface area contributed by atoms with E-state index in [1.807, 2.05) is 3.28 Å². The Morgan fingerprint density at radius 2 is 1.26 bits per heavy atom. The summed E-state index contributed by atoms with van der Waals surface area (Å²) in [5.74, 6) is 0.638. The van der Waals surface area contributed by atoms with Crippen molar-refractivity contribution in [2.24, 2.45) is 11.3 Å². The topological polar surface area (TPSA) is 0 Å². The van der Waals surface area contributed by atoms with Gasteiger partial charge in [-0.05, 0) is 0 Å². The predicted octanol–water partition coefficient (Wildman–Crippen LogP) is 3.11. The second-order valence-electron chi connectivity index (χ2n) is 11.8. The molecule has 0 nitrogen and oxygen atoms in total. The van der Waals surface area contributed by atoms with Gasteiger partial charge in [-0.15, -0.1) is 0 Å². The molecule has 0 aliphatic heterocycles. The molecular weight excluding hydrogens is 546 g/mol. The van der Waals surface area contributed by atoms with E-state index in [9.17, 15) is 0 Å². The van der Waals surface area contributed by atoms with Gasteiger partial charge in [0.1, 0.15) is 0 Å². The van der Waals surface area contributed by atoms with E-state index in [1.165, 1.54) is 46.2 Å². The molecule has 1 atom stereocenters. The molecule has 3 heteroatoms. The minimum Gasteiger partial charge on any atom is -1.00 e. The number of benzene rings is 2. The summed E-state index contributed by atoms with van der Waals surface area (Å²) in [6, 6.07) is 10.1. The molecule has 0 bridgehead atoms. The maximum atomic E-state index is 2.67. The molecule has 0 amide bonds. The fourth-order valence-electron chi connectivity index (χ4n) is 5.77. The van der Waals surface area contributed by atoms with Crippen LogP contribution in [0.25, 0.3) is 11.1 Å². The number of allylic oxidation sites excluding steroid dienone is 4. The van der Waals surface area contributed by atoms with Gasteiger partial charge in [-0.1, -0.05) is 0 Å². The van der Waals surface area contributed by atoms with Crippen LogP contribution in [0.4, 0.5) is 0 Å². The van der Waals surface area contributed by atoms with E-state index in [-0.39, 0.29) is 30.2 Å². The first-order chi connectivity index (χ1) is 15.4. The summed E-state index contributed by atoms with van der Waals surface area (Å²) in [5, 5.41) is 0. The minimum atomic E-state index is -2.21. The van der Waals surface area contributed by atoms with Gasteiger partial charge in [-0.2, -0.15) is 0 Å². The van der Waals surface area contributed by atoms with Crippen LogP contribution in [0.5, 0.6) is 0 Å². The van der Waals surface area contributed by atoms with E-state index in [1.54, 1.807) is 19.9 Å². The Kier molecular flexibility index (Phi) is 9.87. The van der Waals surface area contributed by atoms with E-state index in [0.29, 0.717) is 9.54 Å². The van der Waals surface area contributed by atoms with E-state index in [2.05, 4.69) is 106 Å². The van der Waals surface area contributed by atoms with Gasteiger partial charge in [0.25, 0.3) is 0 Å². The Hall–Kier alpha value is -0.747. The monoisotopic (exact) mass is 586 g/mol. The van der Waals surface area contributed by atoms with Crippen molar-refractivity contribution in [3.8, 4) is 11.1 Å². The van der Waals surface area contributed by atoms with Crippen LogP contribution in [0, 0.1) is 39.0 Å². The van der Waals surface area contributed by atoms with Gasteiger partial charge >= 0.3 is 211 Å². The van der Waals surface area contributed by atoms with Crippen molar-refractivity contribution in [2.75, 3.05) is 0 Å². The molecule has 4 rings (SSSR count). The van der Waals surface area contributed by atoms with Crippen molar-refractivity contribution >= 4 is 3.21 Å². The van der Waals surface area contributed by atoms with Gasteiger partial charge in [0.2, 0.25) is 0 Å². The summed E-state index contributed by atoms with van der Waals surface area (Å²) in [4.78, 5) is 0. The molecule has 1 unspecified atom stereocenters. The molecule has 2 aromatic carbocycles. The third-order valence-corrected chi connectivity index (χ3v) is 16.3. The van der Waals surface area contributed by atoms with Crippen molar-refractivity contribution in [1.29, 1.82) is 0 Å². The zero-order valence-electron chi connectivity index (χ0n) is 23.3. The zero-order valence-corrected chi connectivity index (χ0v) is 27.3. The molecule has 0 fully saturated rings. The molecule has 2 aromatic rings. The number of fused-ring (bicyclic) bond motifs is 3. The summed E-state index contributed by atoms with van der Waals surface area (Å²) < 4.78 is 4.16. The van der Waals surface area contributed by atoms with Gasteiger partial charge in [0.05, 0.1) is 0 Å². The van der Waals surface area contributed by atoms with Gasteiger partial charge in [0.15, 0.2) is 0 Å². The van der Waals surface area contributed by atoms with Crippen LogP contribution in [0.1, 0.15) is 91.4 Å². The van der Waals surface area contributed by atoms with E-state index in [0.717, 1.165) is 0 Å². The summed E-state index contributed by atoms with van der Waals surface area (Å²) in [6.07, 6.45) is 7.85. The molecule has 0 saturated carbocycles. The fraction of sp³-hybridized carbons (Fsp3) is 0.469. The Bertz CT molecular complexity index is 1160. The molecule has 0 heterocycles. The fourth-order valence-corrected chi connectivity index (χ4v) is 14.4. The maximum absolute atomic E-state index is 2.67. The van der Waals surface area contributed by atoms with Crippen molar-refractivity contribution in [3.63, 3.8) is 0 Å². The van der Waals surface area contributed by atoms with Gasteiger partial charge in [0, 0.05) is 0 Å². The van der Waals surface area contributed by atoms with Crippen LogP contribution >= 0.6 is 0 Å². The first kappa shape index (κ1) is 30.5. The number of rotatable bonds is 4. The first-order valence-corrected chi connectivity index (χ1v) is 16.7. The number of hydrogen-bond acceptors (Lipinski definition) is 0. The van der Waals surface area contributed by atoms with Crippen LogP contribution in [0.15, 0.2) is 45.3 Å².